The summed E-state index contributed by atoms with van der Waals surface area (Å²) in [4.78, 5) is 13.4. The third-order valence-corrected chi connectivity index (χ3v) is 21.3. The molecule has 12 unspecified atom stereocenters. The Morgan fingerprint density at radius 2 is 0.594 bits per heavy atom. The highest BCUT2D eigenvalue weighted by atomic mass is 16.7. The van der Waals surface area contributed by atoms with E-state index < -0.39 is 86.8 Å². The monoisotopic (exact) mass is 1370 g/mol. The molecule has 12 atom stereocenters. The van der Waals surface area contributed by atoms with E-state index in [1.807, 2.05) is 0 Å². The van der Waals surface area contributed by atoms with Gasteiger partial charge >= 0.3 is 0 Å². The van der Waals surface area contributed by atoms with Gasteiger partial charge in [-0.15, -0.1) is 0 Å². The van der Waals surface area contributed by atoms with E-state index in [1.54, 1.807) is 0 Å². The molecule has 572 valence electrons. The molecule has 2 heterocycles. The maximum Gasteiger partial charge on any atom is 0.220 e. The summed E-state index contributed by atoms with van der Waals surface area (Å²) in [5.41, 5.74) is 0. The summed E-state index contributed by atoms with van der Waals surface area (Å²) in [6.45, 7) is 2.95. The van der Waals surface area contributed by atoms with Crippen LogP contribution < -0.4 is 5.32 Å². The fourth-order valence-electron chi connectivity index (χ4n) is 14.7. The lowest BCUT2D eigenvalue weighted by Gasteiger charge is -2.46. The number of amides is 1. The molecule has 14 heteroatoms. The van der Waals surface area contributed by atoms with E-state index >= 15 is 0 Å². The first-order chi connectivity index (χ1) is 47.1. The summed E-state index contributed by atoms with van der Waals surface area (Å²) in [5, 5.41) is 87.9. The molecule has 2 rings (SSSR count). The summed E-state index contributed by atoms with van der Waals surface area (Å²) in [6.07, 6.45) is 67.5. The number of aliphatic hydroxyl groups excluding tert-OH is 8. The van der Waals surface area contributed by atoms with Gasteiger partial charge in [-0.3, -0.25) is 4.79 Å². The van der Waals surface area contributed by atoms with Crippen molar-refractivity contribution in [1.82, 2.24) is 5.32 Å². The second kappa shape index (κ2) is 67.2. The minimum absolute atomic E-state index is 0.195. The Morgan fingerprint density at radius 3 is 0.885 bits per heavy atom. The summed E-state index contributed by atoms with van der Waals surface area (Å²) in [7, 11) is 0. The first kappa shape index (κ1) is 91.1. The van der Waals surface area contributed by atoms with Crippen LogP contribution in [0.5, 0.6) is 0 Å². The van der Waals surface area contributed by atoms with Crippen LogP contribution in [0, 0.1) is 0 Å². The largest absolute Gasteiger partial charge is 0.394 e. The first-order valence-electron chi connectivity index (χ1n) is 42.3. The first-order valence-corrected chi connectivity index (χ1v) is 42.3. The molecule has 2 fully saturated rings. The summed E-state index contributed by atoms with van der Waals surface area (Å²) >= 11 is 0. The number of unbranched alkanes of at least 4 members (excludes halogenated alkanes) is 60. The average molecular weight is 1370 g/mol. The molecule has 96 heavy (non-hydrogen) atoms. The molecule has 1 amide bonds. The van der Waals surface area contributed by atoms with Crippen LogP contribution in [0.2, 0.25) is 0 Å². The number of aliphatic hydroxyl groups is 8. The van der Waals surface area contributed by atoms with Gasteiger partial charge in [0.25, 0.3) is 0 Å². The van der Waals surface area contributed by atoms with E-state index in [0.717, 1.165) is 51.4 Å². The van der Waals surface area contributed by atoms with Crippen molar-refractivity contribution in [2.45, 2.75) is 498 Å². The quantitative estimate of drug-likeness (QED) is 0.0259. The predicted molar refractivity (Wildman–Crippen MR) is 397 cm³/mol. The minimum Gasteiger partial charge on any atom is -0.394 e. The van der Waals surface area contributed by atoms with Crippen LogP contribution >= 0.6 is 0 Å². The molecule has 2 aliphatic rings. The molecule has 0 aromatic carbocycles. The van der Waals surface area contributed by atoms with E-state index in [0.29, 0.717) is 12.8 Å². The van der Waals surface area contributed by atoms with Gasteiger partial charge in [0.15, 0.2) is 12.6 Å². The van der Waals surface area contributed by atoms with Gasteiger partial charge in [0, 0.05) is 6.42 Å². The van der Waals surface area contributed by atoms with Crippen molar-refractivity contribution in [3.63, 3.8) is 0 Å². The van der Waals surface area contributed by atoms with Crippen molar-refractivity contribution < 1.29 is 64.6 Å². The maximum absolute atomic E-state index is 13.4. The van der Waals surface area contributed by atoms with Crippen molar-refractivity contribution in [3.8, 4) is 0 Å². The van der Waals surface area contributed by atoms with Crippen LogP contribution in [0.3, 0.4) is 0 Å². The van der Waals surface area contributed by atoms with Gasteiger partial charge in [-0.2, -0.15) is 0 Å². The third-order valence-electron chi connectivity index (χ3n) is 21.3. The molecule has 0 aliphatic carbocycles. The van der Waals surface area contributed by atoms with Gasteiger partial charge in [0.1, 0.15) is 48.8 Å². The van der Waals surface area contributed by atoms with Crippen molar-refractivity contribution >= 4 is 5.91 Å². The Balaban J connectivity index is 1.54. The number of carbonyl (C=O) groups excluding carboxylic acids is 1. The lowest BCUT2D eigenvalue weighted by molar-refractivity contribution is -0.359. The molecule has 0 saturated carbocycles. The molecule has 0 spiro atoms. The fourth-order valence-corrected chi connectivity index (χ4v) is 14.7. The Labute approximate surface area is 591 Å². The standard InChI is InChI=1S/C82H161NO13/c1-3-5-7-9-11-13-15-17-19-21-23-25-27-28-29-30-31-32-33-34-35-36-37-38-39-40-41-42-43-44-46-48-50-52-54-56-58-60-62-64-66-74(87)83-70(69-93-81-79(92)77(90)80(73(68-85)95-81)96-82-78(91)76(89)75(88)72(67-84)94-82)71(86)65-63-61-59-57-55-53-51-49-47-45-26-24-22-20-18-16-14-12-10-8-6-4-2/h70-73,75-82,84-86,88-92H,3-69H2,1-2H3,(H,83,87). The normalized spacial score (nSPS) is 22.1. The molecule has 0 aromatic heterocycles. The van der Waals surface area contributed by atoms with E-state index in [9.17, 15) is 45.6 Å². The van der Waals surface area contributed by atoms with Crippen LogP contribution in [0.25, 0.3) is 0 Å². The lowest BCUT2D eigenvalue weighted by Crippen LogP contribution is -2.65. The Morgan fingerprint density at radius 1 is 0.333 bits per heavy atom. The van der Waals surface area contributed by atoms with Gasteiger partial charge < -0.3 is 65.1 Å². The molecule has 0 aromatic rings. The maximum atomic E-state index is 13.4. The number of rotatable bonds is 73. The van der Waals surface area contributed by atoms with Crippen molar-refractivity contribution in [3.05, 3.63) is 0 Å². The molecule has 2 saturated heterocycles. The molecular formula is C82H161NO13. The van der Waals surface area contributed by atoms with Gasteiger partial charge in [0.05, 0.1) is 32.0 Å². The van der Waals surface area contributed by atoms with Crippen LogP contribution in [-0.4, -0.2) is 140 Å². The number of ether oxygens (including phenoxy) is 4. The molecule has 14 nitrogen and oxygen atoms in total. The Kier molecular flexibility index (Phi) is 63.7. The second-order valence-electron chi connectivity index (χ2n) is 30.3. The molecule has 0 bridgehead atoms. The highest BCUT2D eigenvalue weighted by Crippen LogP contribution is 2.31. The molecule has 0 radical (unpaired) electrons. The van der Waals surface area contributed by atoms with E-state index in [-0.39, 0.29) is 12.5 Å². The zero-order valence-corrected chi connectivity index (χ0v) is 62.9. The van der Waals surface area contributed by atoms with Crippen LogP contribution in [0.4, 0.5) is 0 Å². The number of hydrogen-bond donors (Lipinski definition) is 9. The summed E-state index contributed by atoms with van der Waals surface area (Å²) in [5.74, 6) is -0.195. The van der Waals surface area contributed by atoms with Crippen molar-refractivity contribution in [2.24, 2.45) is 0 Å². The molecule has 9 N–H and O–H groups in total. The number of carbonyl (C=O) groups is 1. The van der Waals surface area contributed by atoms with E-state index in [4.69, 9.17) is 18.9 Å². The van der Waals surface area contributed by atoms with Crippen molar-refractivity contribution in [1.29, 1.82) is 0 Å². The van der Waals surface area contributed by atoms with Gasteiger partial charge in [-0.1, -0.05) is 406 Å². The number of hydrogen-bond acceptors (Lipinski definition) is 13. The SMILES string of the molecule is CCCCCCCCCCCCCCCCCCCCCCCCCCCCCCCCCCCCCCCCCCC(=O)NC(COC1OC(CO)C(OC2OC(CO)C(O)C(O)C2O)C(O)C1O)C(O)CCCCCCCCCCCCCCCCCCCCCCCC. The average Bonchev–Trinajstić information content (AvgIpc) is 0.808. The van der Waals surface area contributed by atoms with Gasteiger partial charge in [0.2, 0.25) is 5.91 Å². The van der Waals surface area contributed by atoms with Crippen molar-refractivity contribution in [2.75, 3.05) is 19.8 Å². The Bertz CT molecular complexity index is 1610. The smallest absolute Gasteiger partial charge is 0.220 e. The highest BCUT2D eigenvalue weighted by molar-refractivity contribution is 5.76. The van der Waals surface area contributed by atoms with Gasteiger partial charge in [-0.25, -0.2) is 0 Å². The minimum atomic E-state index is -1.78. The third kappa shape index (κ3) is 49.6. The van der Waals surface area contributed by atoms with Crippen LogP contribution in [-0.2, 0) is 23.7 Å². The van der Waals surface area contributed by atoms with Gasteiger partial charge in [-0.05, 0) is 12.8 Å². The topological polar surface area (TPSA) is 228 Å². The zero-order valence-electron chi connectivity index (χ0n) is 62.9. The number of nitrogens with one attached hydrogen (secondary N) is 1. The fraction of sp³-hybridized carbons (Fsp3) is 0.988. The second-order valence-corrected chi connectivity index (χ2v) is 30.3. The molecular weight excluding hydrogens is 1210 g/mol. The zero-order chi connectivity index (χ0) is 69.4. The molecule has 2 aliphatic heterocycles. The van der Waals surface area contributed by atoms with E-state index in [1.165, 1.54) is 347 Å². The Hall–Kier alpha value is -1.01. The predicted octanol–water partition coefficient (Wildman–Crippen LogP) is 19.5. The summed E-state index contributed by atoms with van der Waals surface area (Å²) in [6, 6.07) is -0.825. The summed E-state index contributed by atoms with van der Waals surface area (Å²) < 4.78 is 23.0. The highest BCUT2D eigenvalue weighted by Gasteiger charge is 2.51. The van der Waals surface area contributed by atoms with Crippen LogP contribution in [0.1, 0.15) is 425 Å². The van der Waals surface area contributed by atoms with Crippen LogP contribution in [0.15, 0.2) is 0 Å². The van der Waals surface area contributed by atoms with E-state index in [2.05, 4.69) is 19.2 Å². The lowest BCUT2D eigenvalue weighted by atomic mass is 9.97.